The lowest BCUT2D eigenvalue weighted by Crippen LogP contribution is -2.21. The monoisotopic (exact) mass is 136 g/mol. The molecule has 0 saturated heterocycles. The molecule has 3 N–H and O–H groups in total. The van der Waals surface area contributed by atoms with E-state index in [0.29, 0.717) is 0 Å². The lowest BCUT2D eigenvalue weighted by atomic mass is 10.4. The highest BCUT2D eigenvalue weighted by Crippen LogP contribution is 1.76. The summed E-state index contributed by atoms with van der Waals surface area (Å²) in [5.74, 6) is -1.28. The van der Waals surface area contributed by atoms with Crippen molar-refractivity contribution in [3.63, 3.8) is 0 Å². The molecule has 0 spiro atoms. The van der Waals surface area contributed by atoms with E-state index < -0.39 is 11.8 Å². The van der Waals surface area contributed by atoms with Crippen LogP contribution in [0.2, 0.25) is 0 Å². The maximum atomic E-state index is 10.1. The topological polar surface area (TPSA) is 72.2 Å². The Morgan fingerprint density at radius 3 is 2.25 bits per heavy atom. The molecule has 0 aliphatic carbocycles. The molecule has 0 aliphatic heterocycles. The van der Waals surface area contributed by atoms with E-state index in [1.807, 2.05) is 0 Å². The fourth-order valence-electron chi connectivity index (χ4n) is 0.192. The SMILES string of the molecule is NC(=O)CC(=O)NCl. The lowest BCUT2D eigenvalue weighted by Gasteiger charge is -1.88. The van der Waals surface area contributed by atoms with Gasteiger partial charge in [0.05, 0.1) is 0 Å². The number of rotatable bonds is 2. The van der Waals surface area contributed by atoms with Gasteiger partial charge in [-0.05, 0) is 0 Å². The number of amides is 2. The van der Waals surface area contributed by atoms with Gasteiger partial charge >= 0.3 is 0 Å². The quantitative estimate of drug-likeness (QED) is 0.383. The van der Waals surface area contributed by atoms with Gasteiger partial charge in [-0.25, -0.2) is 0 Å². The molecule has 0 radical (unpaired) electrons. The maximum absolute atomic E-state index is 10.1. The molecule has 0 atom stereocenters. The van der Waals surface area contributed by atoms with Crippen molar-refractivity contribution >= 4 is 23.6 Å². The van der Waals surface area contributed by atoms with Crippen molar-refractivity contribution in [1.29, 1.82) is 0 Å². The summed E-state index contributed by atoms with van der Waals surface area (Å²) >= 11 is 4.79. The summed E-state index contributed by atoms with van der Waals surface area (Å²) in [7, 11) is 0. The predicted octanol–water partition coefficient (Wildman–Crippen LogP) is -0.868. The molecule has 0 fully saturated rings. The summed E-state index contributed by atoms with van der Waals surface area (Å²) in [6, 6.07) is 0. The highest BCUT2D eigenvalue weighted by molar-refractivity contribution is 6.22. The Labute approximate surface area is 51.1 Å². The third-order valence-corrected chi connectivity index (χ3v) is 0.651. The molecule has 46 valence electrons. The van der Waals surface area contributed by atoms with E-state index in [1.54, 1.807) is 4.84 Å². The fourth-order valence-corrected chi connectivity index (χ4v) is 0.258. The van der Waals surface area contributed by atoms with Crippen LogP contribution in [0.1, 0.15) is 6.42 Å². The Morgan fingerprint density at radius 1 is 1.62 bits per heavy atom. The molecule has 0 heterocycles. The molecule has 0 aromatic heterocycles. The van der Waals surface area contributed by atoms with Crippen LogP contribution in [0.15, 0.2) is 0 Å². The van der Waals surface area contributed by atoms with E-state index in [1.165, 1.54) is 0 Å². The smallest absolute Gasteiger partial charge is 0.243 e. The second-order valence-electron chi connectivity index (χ2n) is 1.16. The number of primary amides is 1. The first-order chi connectivity index (χ1) is 3.66. The molecule has 0 saturated carbocycles. The molecular formula is C3H5ClN2O2. The molecule has 0 rings (SSSR count). The van der Waals surface area contributed by atoms with Gasteiger partial charge < -0.3 is 5.73 Å². The lowest BCUT2D eigenvalue weighted by molar-refractivity contribution is -0.126. The minimum Gasteiger partial charge on any atom is -0.369 e. The van der Waals surface area contributed by atoms with Crippen molar-refractivity contribution < 1.29 is 9.59 Å². The number of nitrogens with two attached hydrogens (primary N) is 1. The third kappa shape index (κ3) is 3.42. The second kappa shape index (κ2) is 3.26. The molecule has 0 unspecified atom stereocenters. The van der Waals surface area contributed by atoms with Crippen LogP contribution < -0.4 is 10.6 Å². The van der Waals surface area contributed by atoms with Crippen molar-refractivity contribution in [3.05, 3.63) is 0 Å². The van der Waals surface area contributed by atoms with Crippen molar-refractivity contribution in [1.82, 2.24) is 4.84 Å². The Bertz CT molecular complexity index is 114. The van der Waals surface area contributed by atoms with E-state index in [4.69, 9.17) is 11.8 Å². The summed E-state index contributed by atoms with van der Waals surface area (Å²) in [5.41, 5.74) is 4.61. The van der Waals surface area contributed by atoms with Gasteiger partial charge in [0.1, 0.15) is 6.42 Å². The molecule has 8 heavy (non-hydrogen) atoms. The number of carbonyl (C=O) groups is 2. The van der Waals surface area contributed by atoms with Gasteiger partial charge in [-0.2, -0.15) is 0 Å². The average molecular weight is 137 g/mol. The Morgan fingerprint density at radius 2 is 2.12 bits per heavy atom. The molecule has 2 amide bonds. The first-order valence-electron chi connectivity index (χ1n) is 1.84. The zero-order valence-corrected chi connectivity index (χ0v) is 4.73. The number of hydrogen-bond acceptors (Lipinski definition) is 2. The summed E-state index contributed by atoms with van der Waals surface area (Å²) in [5, 5.41) is 0. The molecule has 5 heteroatoms. The summed E-state index contributed by atoms with van der Waals surface area (Å²) in [6.07, 6.45) is -0.358. The van der Waals surface area contributed by atoms with Crippen LogP contribution in [0, 0.1) is 0 Å². The van der Waals surface area contributed by atoms with Crippen molar-refractivity contribution in [2.24, 2.45) is 5.73 Å². The number of halogens is 1. The van der Waals surface area contributed by atoms with Crippen LogP contribution in [0.5, 0.6) is 0 Å². The van der Waals surface area contributed by atoms with Crippen LogP contribution in [0.4, 0.5) is 0 Å². The van der Waals surface area contributed by atoms with Gasteiger partial charge in [-0.15, -0.1) is 0 Å². The maximum Gasteiger partial charge on any atom is 0.243 e. The minimum absolute atomic E-state index is 0.358. The van der Waals surface area contributed by atoms with E-state index in [-0.39, 0.29) is 6.42 Å². The number of carbonyl (C=O) groups excluding carboxylic acids is 2. The normalized spacial score (nSPS) is 8.12. The van der Waals surface area contributed by atoms with Gasteiger partial charge in [0.2, 0.25) is 11.8 Å². The van der Waals surface area contributed by atoms with Gasteiger partial charge in [-0.3, -0.25) is 14.4 Å². The molecule has 0 aromatic rings. The third-order valence-electron chi connectivity index (χ3n) is 0.440. The second-order valence-corrected chi connectivity index (χ2v) is 1.35. The van der Waals surface area contributed by atoms with Crippen LogP contribution >= 0.6 is 11.8 Å². The zero-order valence-electron chi connectivity index (χ0n) is 3.98. The Kier molecular flexibility index (Phi) is 2.95. The van der Waals surface area contributed by atoms with Crippen molar-refractivity contribution in [2.75, 3.05) is 0 Å². The summed E-state index contributed by atoms with van der Waals surface area (Å²) in [6.45, 7) is 0. The van der Waals surface area contributed by atoms with Crippen LogP contribution in [0.25, 0.3) is 0 Å². The summed E-state index contributed by atoms with van der Waals surface area (Å²) in [4.78, 5) is 21.7. The number of nitrogens with one attached hydrogen (secondary N) is 1. The van der Waals surface area contributed by atoms with Crippen LogP contribution in [-0.2, 0) is 9.59 Å². The summed E-state index contributed by atoms with van der Waals surface area (Å²) < 4.78 is 0. The molecule has 0 aromatic carbocycles. The van der Waals surface area contributed by atoms with Crippen molar-refractivity contribution in [2.45, 2.75) is 6.42 Å². The Balaban J connectivity index is 3.40. The van der Waals surface area contributed by atoms with Gasteiger partial charge in [0.15, 0.2) is 0 Å². The molecule has 0 bridgehead atoms. The van der Waals surface area contributed by atoms with Crippen molar-refractivity contribution in [3.8, 4) is 0 Å². The predicted molar refractivity (Wildman–Crippen MR) is 27.8 cm³/mol. The number of hydrogen-bond donors (Lipinski definition) is 2. The van der Waals surface area contributed by atoms with Gasteiger partial charge in [-0.1, -0.05) is 0 Å². The standard InChI is InChI=1S/C3H5ClN2O2/c4-6-3(8)1-2(5)7/h1H2,(H2,5,7)(H,6,8). The van der Waals surface area contributed by atoms with Crippen LogP contribution in [-0.4, -0.2) is 11.8 Å². The van der Waals surface area contributed by atoms with Gasteiger partial charge in [0, 0.05) is 11.8 Å². The molecule has 4 nitrogen and oxygen atoms in total. The first-order valence-corrected chi connectivity index (χ1v) is 2.22. The van der Waals surface area contributed by atoms with Gasteiger partial charge in [0.25, 0.3) is 0 Å². The average Bonchev–Trinajstić information content (AvgIpc) is 1.65. The highest BCUT2D eigenvalue weighted by Gasteiger charge is 2.01. The van der Waals surface area contributed by atoms with E-state index in [0.717, 1.165) is 0 Å². The molecule has 0 aliphatic rings. The Hall–Kier alpha value is -0.770. The fraction of sp³-hybridized carbons (Fsp3) is 0.333. The van der Waals surface area contributed by atoms with E-state index in [2.05, 4.69) is 5.73 Å². The first kappa shape index (κ1) is 7.23. The molecular weight excluding hydrogens is 131 g/mol. The van der Waals surface area contributed by atoms with E-state index in [9.17, 15) is 9.59 Å². The zero-order chi connectivity index (χ0) is 6.57. The largest absolute Gasteiger partial charge is 0.369 e. The van der Waals surface area contributed by atoms with E-state index >= 15 is 0 Å². The minimum atomic E-state index is -0.692. The highest BCUT2D eigenvalue weighted by atomic mass is 35.5. The van der Waals surface area contributed by atoms with Crippen LogP contribution in [0.3, 0.4) is 0 Å².